The van der Waals surface area contributed by atoms with Crippen LogP contribution in [-0.4, -0.2) is 38.1 Å². The van der Waals surface area contributed by atoms with Gasteiger partial charge in [0, 0.05) is 22.3 Å². The van der Waals surface area contributed by atoms with Gasteiger partial charge in [0.05, 0.1) is 6.20 Å². The average Bonchev–Trinajstić information content (AvgIpc) is 3.03. The van der Waals surface area contributed by atoms with E-state index in [0.717, 1.165) is 60.2 Å². The number of hydrogen-bond acceptors (Lipinski definition) is 6. The highest BCUT2D eigenvalue weighted by Gasteiger charge is 2.23. The van der Waals surface area contributed by atoms with Gasteiger partial charge >= 0.3 is 0 Å². The van der Waals surface area contributed by atoms with E-state index in [0.29, 0.717) is 12.0 Å². The third-order valence-electron chi connectivity index (χ3n) is 5.22. The van der Waals surface area contributed by atoms with Gasteiger partial charge in [-0.1, -0.05) is 18.5 Å². The number of hydrogen-bond donors (Lipinski definition) is 3. The van der Waals surface area contributed by atoms with Crippen molar-refractivity contribution in [2.24, 2.45) is 0 Å². The zero-order valence-corrected chi connectivity index (χ0v) is 18.8. The van der Waals surface area contributed by atoms with Gasteiger partial charge in [-0.3, -0.25) is 4.57 Å². The molecule has 0 atom stereocenters. The Labute approximate surface area is 182 Å². The van der Waals surface area contributed by atoms with Crippen LogP contribution in [0.25, 0.3) is 11.2 Å². The average molecular weight is 428 g/mol. The molecule has 4 rings (SSSR count). The Morgan fingerprint density at radius 2 is 1.93 bits per heavy atom. The van der Waals surface area contributed by atoms with E-state index in [9.17, 15) is 0 Å². The molecular formula is C22H30ClN7. The highest BCUT2D eigenvalue weighted by molar-refractivity contribution is 6.31. The number of fused-ring (bicyclic) bond motifs is 1. The quantitative estimate of drug-likeness (QED) is 0.536. The maximum atomic E-state index is 6.34. The Hall–Kier alpha value is -2.38. The van der Waals surface area contributed by atoms with Crippen molar-refractivity contribution in [3.8, 4) is 0 Å². The standard InChI is InChI=1S/C22H30ClN7/c1-5-14-10-15(23)12-16(11-14)26-21-27-18-13-25-20(29-22(2,3)4)28-19(18)30(21)17-6-8-24-9-7-17/h10-13,17,24H,5-9H2,1-4H3,(H,26,27)(H,25,28,29). The van der Waals surface area contributed by atoms with E-state index in [1.807, 2.05) is 12.1 Å². The summed E-state index contributed by atoms with van der Waals surface area (Å²) in [5.41, 5.74) is 3.64. The minimum Gasteiger partial charge on any atom is -0.350 e. The number of piperidine rings is 1. The summed E-state index contributed by atoms with van der Waals surface area (Å²) in [4.78, 5) is 14.2. The van der Waals surface area contributed by atoms with Crippen LogP contribution >= 0.6 is 11.6 Å². The topological polar surface area (TPSA) is 79.7 Å². The van der Waals surface area contributed by atoms with Gasteiger partial charge in [0.15, 0.2) is 5.65 Å². The number of aromatic nitrogens is 4. The number of imidazole rings is 1. The number of aryl methyl sites for hydroxylation is 1. The van der Waals surface area contributed by atoms with Crippen LogP contribution in [0.4, 0.5) is 17.6 Å². The summed E-state index contributed by atoms with van der Waals surface area (Å²) in [7, 11) is 0. The van der Waals surface area contributed by atoms with E-state index in [2.05, 4.69) is 59.3 Å². The zero-order chi connectivity index (χ0) is 21.3. The van der Waals surface area contributed by atoms with E-state index in [-0.39, 0.29) is 5.54 Å². The van der Waals surface area contributed by atoms with Crippen molar-refractivity contribution in [2.45, 2.75) is 58.5 Å². The fourth-order valence-electron chi connectivity index (χ4n) is 3.84. The minimum atomic E-state index is -0.119. The van der Waals surface area contributed by atoms with Gasteiger partial charge in [-0.15, -0.1) is 0 Å². The molecule has 7 nitrogen and oxygen atoms in total. The highest BCUT2D eigenvalue weighted by atomic mass is 35.5. The third-order valence-corrected chi connectivity index (χ3v) is 5.43. The molecule has 0 unspecified atom stereocenters. The summed E-state index contributed by atoms with van der Waals surface area (Å²) in [6, 6.07) is 6.38. The molecule has 3 aromatic rings. The number of anilines is 3. The second kappa shape index (κ2) is 8.40. The van der Waals surface area contributed by atoms with Crippen molar-refractivity contribution >= 4 is 40.3 Å². The van der Waals surface area contributed by atoms with Gasteiger partial charge in [0.1, 0.15) is 5.52 Å². The van der Waals surface area contributed by atoms with Crippen molar-refractivity contribution in [2.75, 3.05) is 23.7 Å². The normalized spacial score (nSPS) is 15.5. The van der Waals surface area contributed by atoms with Crippen LogP contribution < -0.4 is 16.0 Å². The van der Waals surface area contributed by atoms with E-state index >= 15 is 0 Å². The number of rotatable bonds is 5. The number of benzene rings is 1. The molecule has 30 heavy (non-hydrogen) atoms. The van der Waals surface area contributed by atoms with Crippen LogP contribution in [0.5, 0.6) is 0 Å². The minimum absolute atomic E-state index is 0.119. The van der Waals surface area contributed by atoms with E-state index < -0.39 is 0 Å². The number of nitrogens with one attached hydrogen (secondary N) is 3. The molecule has 0 aliphatic carbocycles. The molecule has 1 aliphatic heterocycles. The molecule has 1 aromatic carbocycles. The van der Waals surface area contributed by atoms with Gasteiger partial charge in [-0.25, -0.2) is 9.97 Å². The first-order valence-corrected chi connectivity index (χ1v) is 11.0. The Bertz CT molecular complexity index is 1030. The highest BCUT2D eigenvalue weighted by Crippen LogP contribution is 2.31. The molecule has 0 amide bonds. The lowest BCUT2D eigenvalue weighted by Gasteiger charge is -2.26. The summed E-state index contributed by atoms with van der Waals surface area (Å²) < 4.78 is 2.23. The molecule has 0 saturated carbocycles. The third kappa shape index (κ3) is 4.68. The molecule has 3 N–H and O–H groups in total. The molecule has 1 saturated heterocycles. The zero-order valence-electron chi connectivity index (χ0n) is 18.1. The lowest BCUT2D eigenvalue weighted by molar-refractivity contribution is 0.377. The molecule has 0 bridgehead atoms. The Morgan fingerprint density at radius 3 is 2.63 bits per heavy atom. The summed E-state index contributed by atoms with van der Waals surface area (Å²) in [5.74, 6) is 1.40. The Balaban J connectivity index is 1.78. The predicted octanol–water partition coefficient (Wildman–Crippen LogP) is 4.92. The van der Waals surface area contributed by atoms with Crippen LogP contribution in [0.2, 0.25) is 5.02 Å². The van der Waals surface area contributed by atoms with Gasteiger partial charge in [-0.05, 0) is 76.9 Å². The fraction of sp³-hybridized carbons (Fsp3) is 0.500. The Kier molecular flexibility index (Phi) is 5.84. The van der Waals surface area contributed by atoms with Crippen molar-refractivity contribution in [3.05, 3.63) is 35.0 Å². The van der Waals surface area contributed by atoms with Crippen LogP contribution in [0.15, 0.2) is 24.4 Å². The molecule has 8 heteroatoms. The summed E-state index contributed by atoms with van der Waals surface area (Å²) in [5, 5.41) is 11.0. The Morgan fingerprint density at radius 1 is 1.17 bits per heavy atom. The monoisotopic (exact) mass is 427 g/mol. The maximum Gasteiger partial charge on any atom is 0.225 e. The molecule has 1 fully saturated rings. The fourth-order valence-corrected chi connectivity index (χ4v) is 4.10. The predicted molar refractivity (Wildman–Crippen MR) is 124 cm³/mol. The second-order valence-corrected chi connectivity index (χ2v) is 9.33. The van der Waals surface area contributed by atoms with Crippen LogP contribution in [0.1, 0.15) is 52.1 Å². The van der Waals surface area contributed by atoms with Crippen molar-refractivity contribution in [1.29, 1.82) is 0 Å². The van der Waals surface area contributed by atoms with Gasteiger partial charge in [-0.2, -0.15) is 4.98 Å². The molecule has 160 valence electrons. The summed E-state index contributed by atoms with van der Waals surface area (Å²) >= 11 is 6.34. The number of halogens is 1. The molecule has 2 aromatic heterocycles. The molecule has 0 spiro atoms. The molecule has 3 heterocycles. The lowest BCUT2D eigenvalue weighted by Crippen LogP contribution is -2.30. The first-order chi connectivity index (χ1) is 14.3. The number of nitrogens with zero attached hydrogens (tertiary/aromatic N) is 4. The second-order valence-electron chi connectivity index (χ2n) is 8.89. The van der Waals surface area contributed by atoms with E-state index in [1.54, 1.807) is 6.20 Å². The van der Waals surface area contributed by atoms with Crippen LogP contribution in [0, 0.1) is 0 Å². The maximum absolute atomic E-state index is 6.34. The first kappa shape index (κ1) is 20.9. The van der Waals surface area contributed by atoms with Crippen LogP contribution in [-0.2, 0) is 6.42 Å². The van der Waals surface area contributed by atoms with Gasteiger partial charge in [0.2, 0.25) is 11.9 Å². The first-order valence-electron chi connectivity index (χ1n) is 10.6. The van der Waals surface area contributed by atoms with Crippen molar-refractivity contribution < 1.29 is 0 Å². The molecule has 0 radical (unpaired) electrons. The van der Waals surface area contributed by atoms with Gasteiger partial charge < -0.3 is 16.0 Å². The summed E-state index contributed by atoms with van der Waals surface area (Å²) in [6.45, 7) is 10.4. The van der Waals surface area contributed by atoms with Crippen molar-refractivity contribution in [1.82, 2.24) is 24.8 Å². The molecule has 1 aliphatic rings. The van der Waals surface area contributed by atoms with E-state index in [4.69, 9.17) is 21.6 Å². The van der Waals surface area contributed by atoms with Crippen LogP contribution in [0.3, 0.4) is 0 Å². The smallest absolute Gasteiger partial charge is 0.225 e. The lowest BCUT2D eigenvalue weighted by atomic mass is 10.1. The van der Waals surface area contributed by atoms with Crippen molar-refractivity contribution in [3.63, 3.8) is 0 Å². The SMILES string of the molecule is CCc1cc(Cl)cc(Nc2nc3cnc(NC(C)(C)C)nc3n2C2CCNCC2)c1. The summed E-state index contributed by atoms with van der Waals surface area (Å²) in [6.07, 6.45) is 4.78. The largest absolute Gasteiger partial charge is 0.350 e. The van der Waals surface area contributed by atoms with Gasteiger partial charge in [0.25, 0.3) is 0 Å². The van der Waals surface area contributed by atoms with E-state index in [1.165, 1.54) is 5.56 Å². The molecular weight excluding hydrogens is 398 g/mol.